The summed E-state index contributed by atoms with van der Waals surface area (Å²) in [5, 5.41) is 5.43. The van der Waals surface area contributed by atoms with Gasteiger partial charge in [0.1, 0.15) is 11.5 Å². The molecule has 0 amide bonds. The van der Waals surface area contributed by atoms with E-state index in [0.717, 1.165) is 59.5 Å². The number of hydrogen-bond acceptors (Lipinski definition) is 4. The van der Waals surface area contributed by atoms with Gasteiger partial charge in [-0.15, -0.1) is 0 Å². The van der Waals surface area contributed by atoms with Gasteiger partial charge in [-0.2, -0.15) is 0 Å². The van der Waals surface area contributed by atoms with E-state index in [1.165, 1.54) is 35.8 Å². The van der Waals surface area contributed by atoms with Crippen molar-refractivity contribution in [1.29, 1.82) is 0 Å². The predicted molar refractivity (Wildman–Crippen MR) is 104 cm³/mol. The van der Waals surface area contributed by atoms with Crippen LogP contribution in [0.4, 0.5) is 0 Å². The van der Waals surface area contributed by atoms with Crippen LogP contribution in [0.1, 0.15) is 55.2 Å². The maximum atomic E-state index is 5.79. The van der Waals surface area contributed by atoms with Crippen molar-refractivity contribution in [3.05, 3.63) is 40.9 Å². The quantitative estimate of drug-likeness (QED) is 0.589. The summed E-state index contributed by atoms with van der Waals surface area (Å²) in [7, 11) is 1.74. The number of methoxy groups -OCH3 is 1. The van der Waals surface area contributed by atoms with Gasteiger partial charge in [0, 0.05) is 23.6 Å². The molecule has 0 spiro atoms. The van der Waals surface area contributed by atoms with Gasteiger partial charge in [-0.25, -0.2) is 0 Å². The van der Waals surface area contributed by atoms with Gasteiger partial charge >= 0.3 is 0 Å². The molecule has 0 radical (unpaired) electrons. The molecular weight excluding hydrogens is 324 g/mol. The number of hydrogen-bond donors (Lipinski definition) is 0. The van der Waals surface area contributed by atoms with Crippen molar-refractivity contribution < 1.29 is 9.26 Å². The molecule has 136 valence electrons. The zero-order chi connectivity index (χ0) is 18.1. The van der Waals surface area contributed by atoms with Gasteiger partial charge in [0.25, 0.3) is 0 Å². The van der Waals surface area contributed by atoms with E-state index >= 15 is 0 Å². The van der Waals surface area contributed by atoms with Crippen molar-refractivity contribution >= 4 is 10.9 Å². The Morgan fingerprint density at radius 1 is 1.15 bits per heavy atom. The normalized spacial score (nSPS) is 14.3. The maximum absolute atomic E-state index is 5.79. The maximum Gasteiger partial charge on any atom is 0.144 e. The standard InChI is InChI=1S/C22H26N2O2/c1-4-8-20-22(14(2)24-26-20)18-11-19-17(12-21(18)25-3)16-10-7-5-6-9-15(16)13-23-19/h11-13H,4-10H2,1-3H3. The molecule has 2 heterocycles. The van der Waals surface area contributed by atoms with Crippen LogP contribution in [0, 0.1) is 6.92 Å². The van der Waals surface area contributed by atoms with Crippen LogP contribution in [0.25, 0.3) is 22.0 Å². The average molecular weight is 350 g/mol. The lowest BCUT2D eigenvalue weighted by molar-refractivity contribution is 0.379. The first kappa shape index (κ1) is 17.1. The van der Waals surface area contributed by atoms with Gasteiger partial charge in [-0.3, -0.25) is 4.98 Å². The number of aryl methyl sites for hydroxylation is 4. The Labute approximate surface area is 154 Å². The Morgan fingerprint density at radius 2 is 2.00 bits per heavy atom. The van der Waals surface area contributed by atoms with E-state index in [4.69, 9.17) is 14.2 Å². The van der Waals surface area contributed by atoms with E-state index < -0.39 is 0 Å². The summed E-state index contributed by atoms with van der Waals surface area (Å²) in [6, 6.07) is 4.32. The molecule has 1 aliphatic carbocycles. The van der Waals surface area contributed by atoms with Crippen molar-refractivity contribution in [2.45, 2.75) is 58.8 Å². The number of benzene rings is 1. The molecule has 0 N–H and O–H groups in total. The van der Waals surface area contributed by atoms with Crippen LogP contribution in [-0.4, -0.2) is 17.3 Å². The van der Waals surface area contributed by atoms with Gasteiger partial charge in [0.05, 0.1) is 23.9 Å². The minimum Gasteiger partial charge on any atom is -0.496 e. The molecule has 4 rings (SSSR count). The first-order chi connectivity index (χ1) is 12.7. The summed E-state index contributed by atoms with van der Waals surface area (Å²) < 4.78 is 11.4. The summed E-state index contributed by atoms with van der Waals surface area (Å²) in [6.07, 6.45) is 10.0. The molecule has 1 aliphatic rings. The lowest BCUT2D eigenvalue weighted by atomic mass is 9.95. The third-order valence-electron chi connectivity index (χ3n) is 5.44. The number of aromatic nitrogens is 2. The van der Waals surface area contributed by atoms with Crippen LogP contribution in [0.5, 0.6) is 5.75 Å². The molecule has 26 heavy (non-hydrogen) atoms. The van der Waals surface area contributed by atoms with E-state index in [0.29, 0.717) is 0 Å². The fourth-order valence-electron chi connectivity index (χ4n) is 4.14. The first-order valence-corrected chi connectivity index (χ1v) is 9.67. The van der Waals surface area contributed by atoms with E-state index in [1.54, 1.807) is 7.11 Å². The summed E-state index contributed by atoms with van der Waals surface area (Å²) in [5.41, 5.74) is 6.88. The van der Waals surface area contributed by atoms with Gasteiger partial charge in [-0.1, -0.05) is 18.5 Å². The fraction of sp³-hybridized carbons (Fsp3) is 0.455. The van der Waals surface area contributed by atoms with Crippen molar-refractivity contribution in [1.82, 2.24) is 10.1 Å². The molecule has 2 aromatic heterocycles. The lowest BCUT2D eigenvalue weighted by Gasteiger charge is -2.14. The highest BCUT2D eigenvalue weighted by atomic mass is 16.5. The number of rotatable bonds is 4. The zero-order valence-corrected chi connectivity index (χ0v) is 15.9. The fourth-order valence-corrected chi connectivity index (χ4v) is 4.14. The molecule has 0 bridgehead atoms. The molecule has 0 unspecified atom stereocenters. The minimum absolute atomic E-state index is 0.870. The van der Waals surface area contributed by atoms with Gasteiger partial charge < -0.3 is 9.26 Å². The SMILES string of the molecule is CCCc1onc(C)c1-c1cc2ncc3c(c2cc1OC)CCCCC3. The van der Waals surface area contributed by atoms with E-state index in [9.17, 15) is 0 Å². The molecule has 0 aliphatic heterocycles. The summed E-state index contributed by atoms with van der Waals surface area (Å²) in [4.78, 5) is 4.78. The highest BCUT2D eigenvalue weighted by Crippen LogP contribution is 2.39. The van der Waals surface area contributed by atoms with Crippen LogP contribution in [0.3, 0.4) is 0 Å². The number of nitrogens with zero attached hydrogens (tertiary/aromatic N) is 2. The molecule has 0 atom stereocenters. The number of fused-ring (bicyclic) bond motifs is 3. The van der Waals surface area contributed by atoms with Crippen LogP contribution in [-0.2, 0) is 19.3 Å². The zero-order valence-electron chi connectivity index (χ0n) is 15.9. The molecule has 0 fully saturated rings. The van der Waals surface area contributed by atoms with E-state index in [2.05, 4.69) is 30.4 Å². The second-order valence-corrected chi connectivity index (χ2v) is 7.21. The Hall–Kier alpha value is -2.36. The molecule has 0 saturated heterocycles. The van der Waals surface area contributed by atoms with Crippen LogP contribution in [0.15, 0.2) is 22.9 Å². The van der Waals surface area contributed by atoms with Gasteiger partial charge in [0.15, 0.2) is 0 Å². The second kappa shape index (κ2) is 7.10. The van der Waals surface area contributed by atoms with E-state index in [-0.39, 0.29) is 0 Å². The topological polar surface area (TPSA) is 48.2 Å². The monoisotopic (exact) mass is 350 g/mol. The minimum atomic E-state index is 0.870. The van der Waals surface area contributed by atoms with Gasteiger partial charge in [0.2, 0.25) is 0 Å². The molecule has 3 aromatic rings. The van der Waals surface area contributed by atoms with Crippen molar-refractivity contribution in [3.63, 3.8) is 0 Å². The highest BCUT2D eigenvalue weighted by Gasteiger charge is 2.21. The average Bonchev–Trinajstić information content (AvgIpc) is 2.86. The smallest absolute Gasteiger partial charge is 0.144 e. The highest BCUT2D eigenvalue weighted by molar-refractivity contribution is 5.91. The third kappa shape index (κ3) is 2.87. The Balaban J connectivity index is 1.93. The van der Waals surface area contributed by atoms with Crippen molar-refractivity contribution in [3.8, 4) is 16.9 Å². The van der Waals surface area contributed by atoms with E-state index in [1.807, 2.05) is 6.92 Å². The van der Waals surface area contributed by atoms with Gasteiger partial charge in [-0.05, 0) is 62.3 Å². The molecule has 1 aromatic carbocycles. The lowest BCUT2D eigenvalue weighted by Crippen LogP contribution is -1.98. The number of ether oxygens (including phenoxy) is 1. The Morgan fingerprint density at radius 3 is 2.81 bits per heavy atom. The van der Waals surface area contributed by atoms with Crippen molar-refractivity contribution in [2.24, 2.45) is 0 Å². The van der Waals surface area contributed by atoms with Crippen LogP contribution >= 0.6 is 0 Å². The largest absolute Gasteiger partial charge is 0.496 e. The van der Waals surface area contributed by atoms with Crippen LogP contribution in [0.2, 0.25) is 0 Å². The summed E-state index contributed by atoms with van der Waals surface area (Å²) in [5.74, 6) is 1.80. The first-order valence-electron chi connectivity index (χ1n) is 9.67. The Kier molecular flexibility index (Phi) is 4.66. The molecule has 4 nitrogen and oxygen atoms in total. The summed E-state index contributed by atoms with van der Waals surface area (Å²) >= 11 is 0. The summed E-state index contributed by atoms with van der Waals surface area (Å²) in [6.45, 7) is 4.14. The van der Waals surface area contributed by atoms with Crippen LogP contribution < -0.4 is 4.74 Å². The third-order valence-corrected chi connectivity index (χ3v) is 5.44. The predicted octanol–water partition coefficient (Wildman–Crippen LogP) is 5.43. The van der Waals surface area contributed by atoms with Crippen molar-refractivity contribution in [2.75, 3.05) is 7.11 Å². The molecule has 0 saturated carbocycles. The Bertz CT molecular complexity index is 943. The second-order valence-electron chi connectivity index (χ2n) is 7.21. The molecular formula is C22H26N2O2. The number of pyridine rings is 1. The molecule has 4 heteroatoms.